The van der Waals surface area contributed by atoms with Crippen molar-refractivity contribution in [3.63, 3.8) is 0 Å². The molecule has 4 rings (SSSR count). The molecule has 0 radical (unpaired) electrons. The first-order valence-electron chi connectivity index (χ1n) is 20.2. The van der Waals surface area contributed by atoms with Gasteiger partial charge >= 0.3 is 18.3 Å². The number of anilines is 1. The van der Waals surface area contributed by atoms with Crippen molar-refractivity contribution in [1.82, 2.24) is 21.3 Å². The van der Waals surface area contributed by atoms with Crippen molar-refractivity contribution >= 4 is 47.4 Å². The van der Waals surface area contributed by atoms with Crippen LogP contribution in [0.25, 0.3) is 0 Å². The normalized spacial score (nSPS) is 11.8. The van der Waals surface area contributed by atoms with E-state index in [1.807, 2.05) is 6.07 Å². The molecular formula is C46H50N6O12. The molecule has 0 fully saturated rings. The van der Waals surface area contributed by atoms with E-state index < -0.39 is 59.1 Å². The van der Waals surface area contributed by atoms with Crippen molar-refractivity contribution in [3.05, 3.63) is 161 Å². The fourth-order valence-corrected chi connectivity index (χ4v) is 5.92. The fraction of sp³-hybridized carbons (Fsp3) is 0.261. The van der Waals surface area contributed by atoms with E-state index in [1.165, 1.54) is 36.4 Å². The molecule has 5 amide bonds. The van der Waals surface area contributed by atoms with E-state index in [9.17, 15) is 38.9 Å². The van der Waals surface area contributed by atoms with Crippen LogP contribution in [0.2, 0.25) is 0 Å². The van der Waals surface area contributed by atoms with Crippen molar-refractivity contribution in [3.8, 4) is 5.75 Å². The summed E-state index contributed by atoms with van der Waals surface area (Å²) in [5.41, 5.74) is 2.16. The summed E-state index contributed by atoms with van der Waals surface area (Å²) >= 11 is 0. The minimum atomic E-state index is -1.21. The number of carbonyl (C=O) groups is 6. The van der Waals surface area contributed by atoms with Crippen LogP contribution in [-0.2, 0) is 48.0 Å². The largest absolute Gasteiger partial charge is 0.514 e. The number of amides is 5. The number of nitro groups is 1. The van der Waals surface area contributed by atoms with Crippen LogP contribution >= 0.6 is 0 Å². The van der Waals surface area contributed by atoms with E-state index >= 15 is 0 Å². The Bertz CT molecular complexity index is 2190. The highest BCUT2D eigenvalue weighted by Crippen LogP contribution is 2.19. The molecule has 4 aromatic carbocycles. The number of hydrogen-bond acceptors (Lipinski definition) is 12. The molecule has 0 saturated heterocycles. The summed E-state index contributed by atoms with van der Waals surface area (Å²) in [6.45, 7) is 7.01. The zero-order chi connectivity index (χ0) is 46.1. The van der Waals surface area contributed by atoms with E-state index in [1.54, 1.807) is 78.9 Å². The Kier molecular flexibility index (Phi) is 20.0. The third-order valence-corrected chi connectivity index (χ3v) is 9.12. The lowest BCUT2D eigenvalue weighted by molar-refractivity contribution is -0.384. The van der Waals surface area contributed by atoms with Gasteiger partial charge in [0, 0.05) is 37.2 Å². The first-order valence-corrected chi connectivity index (χ1v) is 20.2. The Morgan fingerprint density at radius 3 is 1.72 bits per heavy atom. The summed E-state index contributed by atoms with van der Waals surface area (Å²) in [6, 6.07) is 25.6. The summed E-state index contributed by atoms with van der Waals surface area (Å²) in [7, 11) is 0. The van der Waals surface area contributed by atoms with Gasteiger partial charge in [0.1, 0.15) is 43.7 Å². The maximum absolute atomic E-state index is 14.2. The Morgan fingerprint density at radius 2 is 1.16 bits per heavy atom. The number of benzene rings is 4. The number of nitrogens with one attached hydrogen (secondary N) is 5. The molecule has 0 aromatic heterocycles. The van der Waals surface area contributed by atoms with Crippen LogP contribution in [0, 0.1) is 10.1 Å². The lowest BCUT2D eigenvalue weighted by Crippen LogP contribution is -2.57. The first kappa shape index (κ1) is 48.6. The molecule has 64 heavy (non-hydrogen) atoms. The van der Waals surface area contributed by atoms with Gasteiger partial charge in [-0.25, -0.2) is 14.4 Å². The Hall–Kier alpha value is -8.02. The van der Waals surface area contributed by atoms with Crippen molar-refractivity contribution in [2.45, 2.75) is 56.8 Å². The Labute approximate surface area is 369 Å². The molecular weight excluding hydrogens is 829 g/mol. The third-order valence-electron chi connectivity index (χ3n) is 9.12. The highest BCUT2D eigenvalue weighted by atomic mass is 16.7. The number of unbranched alkanes of at least 4 members (excludes halogenated alkanes) is 1. The highest BCUT2D eigenvalue weighted by Gasteiger charge is 2.30. The maximum Gasteiger partial charge on any atom is 0.514 e. The van der Waals surface area contributed by atoms with Gasteiger partial charge in [0.05, 0.1) is 4.92 Å². The predicted molar refractivity (Wildman–Crippen MR) is 235 cm³/mol. The quantitative estimate of drug-likeness (QED) is 0.0103. The fourth-order valence-electron chi connectivity index (χ4n) is 5.92. The van der Waals surface area contributed by atoms with E-state index in [4.69, 9.17) is 18.9 Å². The zero-order valence-electron chi connectivity index (χ0n) is 34.9. The van der Waals surface area contributed by atoms with E-state index in [2.05, 4.69) is 39.7 Å². The molecule has 0 aliphatic carbocycles. The average molecular weight is 879 g/mol. The lowest BCUT2D eigenvalue weighted by atomic mass is 10.0. The summed E-state index contributed by atoms with van der Waals surface area (Å²) in [5.74, 6) is -1.88. The second-order valence-corrected chi connectivity index (χ2v) is 14.0. The lowest BCUT2D eigenvalue weighted by Gasteiger charge is -2.25. The SMILES string of the molecule is C=CCOC(=O)NCCCC[C@H](NC(=O)C(Cc1ccccc1)NC(=O)C(Cc1ccccc1)NC(=O)OCC=C)C(=O)Nc1ccc(COC(=O)Oc2ccc([N+](=O)[O-])cc2)cc1. The molecule has 3 atom stereocenters. The van der Waals surface area contributed by atoms with E-state index in [0.29, 0.717) is 29.7 Å². The predicted octanol–water partition coefficient (Wildman–Crippen LogP) is 6.07. The number of nitro benzene ring substituents is 1. The van der Waals surface area contributed by atoms with Gasteiger partial charge in [-0.15, -0.1) is 0 Å². The molecule has 0 bridgehead atoms. The van der Waals surface area contributed by atoms with E-state index in [0.717, 1.165) is 5.56 Å². The third kappa shape index (κ3) is 17.5. The van der Waals surface area contributed by atoms with Crippen molar-refractivity contribution in [1.29, 1.82) is 0 Å². The van der Waals surface area contributed by atoms with Gasteiger partial charge < -0.3 is 45.5 Å². The van der Waals surface area contributed by atoms with Gasteiger partial charge in [0.25, 0.3) is 5.69 Å². The number of non-ortho nitro benzene ring substituents is 1. The van der Waals surface area contributed by atoms with Gasteiger partial charge in [0.15, 0.2) is 0 Å². The summed E-state index contributed by atoms with van der Waals surface area (Å²) < 4.78 is 20.2. The Morgan fingerprint density at radius 1 is 0.609 bits per heavy atom. The number of carbonyl (C=O) groups excluding carboxylic acids is 6. The Balaban J connectivity index is 1.47. The number of nitrogens with zero attached hydrogens (tertiary/aromatic N) is 1. The molecule has 0 spiro atoms. The monoisotopic (exact) mass is 878 g/mol. The van der Waals surface area contributed by atoms with Crippen molar-refractivity contribution in [2.24, 2.45) is 0 Å². The number of hydrogen-bond donors (Lipinski definition) is 5. The van der Waals surface area contributed by atoms with Gasteiger partial charge in [-0.2, -0.15) is 0 Å². The molecule has 336 valence electrons. The topological polar surface area (TPSA) is 243 Å². The summed E-state index contributed by atoms with van der Waals surface area (Å²) in [5, 5.41) is 24.4. The minimum absolute atomic E-state index is 0.0351. The van der Waals surface area contributed by atoms with Gasteiger partial charge in [-0.05, 0) is 60.2 Å². The zero-order valence-corrected chi connectivity index (χ0v) is 34.9. The average Bonchev–Trinajstić information content (AvgIpc) is 3.29. The molecule has 18 heteroatoms. The number of alkyl carbamates (subject to hydrolysis) is 2. The van der Waals surface area contributed by atoms with Gasteiger partial charge in [-0.3, -0.25) is 24.5 Å². The van der Waals surface area contributed by atoms with Crippen LogP contribution in [-0.4, -0.2) is 78.9 Å². The standard InChI is InChI=1S/C46H50N6O12/c1-3-27-61-44(56)47-26-12-11-17-38(41(53)48-35-20-18-34(19-21-35)31-63-46(58)64-37-24-22-36(23-25-37)52(59)60)49-42(54)39(29-32-13-7-5-8-14-32)50-43(55)40(51-45(57)62-28-4-2)30-33-15-9-6-10-16-33/h3-10,13-16,18-25,38-40H,1-2,11-12,17,26-31H2,(H,47,56)(H,48,53)(H,49,54)(H,50,55)(H,51,57)/t38-,39?,40?/m0/s1. The molecule has 0 heterocycles. The molecule has 0 saturated carbocycles. The summed E-state index contributed by atoms with van der Waals surface area (Å²) in [6.07, 6.45) is 1.32. The molecule has 0 aliphatic rings. The molecule has 2 unspecified atom stereocenters. The van der Waals surface area contributed by atoms with Crippen LogP contribution in [0.3, 0.4) is 0 Å². The van der Waals surface area contributed by atoms with Crippen molar-refractivity contribution in [2.75, 3.05) is 25.1 Å². The number of ether oxygens (including phenoxy) is 4. The van der Waals surface area contributed by atoms with Gasteiger partial charge in [0.2, 0.25) is 17.7 Å². The van der Waals surface area contributed by atoms with Crippen LogP contribution < -0.4 is 31.3 Å². The van der Waals surface area contributed by atoms with Crippen LogP contribution in [0.5, 0.6) is 5.75 Å². The van der Waals surface area contributed by atoms with Crippen LogP contribution in [0.1, 0.15) is 36.0 Å². The minimum Gasteiger partial charge on any atom is -0.445 e. The molecule has 4 aromatic rings. The maximum atomic E-state index is 14.2. The second-order valence-electron chi connectivity index (χ2n) is 14.0. The van der Waals surface area contributed by atoms with Crippen LogP contribution in [0.15, 0.2) is 135 Å². The first-order chi connectivity index (χ1) is 30.9. The molecule has 18 nitrogen and oxygen atoms in total. The van der Waals surface area contributed by atoms with Gasteiger partial charge in [-0.1, -0.05) is 98.1 Å². The second kappa shape index (κ2) is 26.3. The summed E-state index contributed by atoms with van der Waals surface area (Å²) in [4.78, 5) is 89.1. The van der Waals surface area contributed by atoms with Crippen molar-refractivity contribution < 1.29 is 52.6 Å². The molecule has 5 N–H and O–H groups in total. The number of rotatable bonds is 24. The smallest absolute Gasteiger partial charge is 0.445 e. The van der Waals surface area contributed by atoms with E-state index in [-0.39, 0.29) is 57.1 Å². The van der Waals surface area contributed by atoms with Crippen LogP contribution in [0.4, 0.5) is 25.8 Å². The highest BCUT2D eigenvalue weighted by molar-refractivity contribution is 5.99. The molecule has 0 aliphatic heterocycles.